The fraction of sp³-hybridized carbons (Fsp3) is 0.167. The molecular formula is C12H13NO. The topological polar surface area (TPSA) is 39.2 Å². The molecule has 1 aromatic heterocycles. The van der Waals surface area contributed by atoms with Gasteiger partial charge in [0.05, 0.1) is 0 Å². The largest absolute Gasteiger partial charge is 0.456 e. The number of nitrogens with two attached hydrogens (primary N) is 1. The maximum Gasteiger partial charge on any atom is 0.135 e. The fourth-order valence-electron chi connectivity index (χ4n) is 1.53. The zero-order valence-electron chi connectivity index (χ0n) is 8.16. The Morgan fingerprint density at radius 2 is 2.14 bits per heavy atom. The second kappa shape index (κ2) is 3.68. The van der Waals surface area contributed by atoms with Crippen LogP contribution in [0.5, 0.6) is 0 Å². The molecule has 2 rings (SSSR count). The molecule has 0 spiro atoms. The van der Waals surface area contributed by atoms with Crippen molar-refractivity contribution in [3.63, 3.8) is 0 Å². The summed E-state index contributed by atoms with van der Waals surface area (Å²) < 4.78 is 5.66. The van der Waals surface area contributed by atoms with Gasteiger partial charge in [-0.1, -0.05) is 24.3 Å². The van der Waals surface area contributed by atoms with Gasteiger partial charge in [-0.25, -0.2) is 0 Å². The Kier molecular flexibility index (Phi) is 2.37. The molecule has 0 saturated carbocycles. The minimum atomic E-state index is 0.538. The number of rotatable bonds is 2. The smallest absolute Gasteiger partial charge is 0.135 e. The quantitative estimate of drug-likeness (QED) is 0.785. The second-order valence-electron chi connectivity index (χ2n) is 3.23. The first kappa shape index (κ1) is 9.03. The van der Waals surface area contributed by atoms with Gasteiger partial charge in [0.1, 0.15) is 11.3 Å². The van der Waals surface area contributed by atoms with Gasteiger partial charge >= 0.3 is 0 Å². The number of hydrogen-bond donors (Lipinski definition) is 1. The van der Waals surface area contributed by atoms with Crippen LogP contribution in [0.4, 0.5) is 0 Å². The van der Waals surface area contributed by atoms with Crippen molar-refractivity contribution in [3.8, 4) is 0 Å². The summed E-state index contributed by atoms with van der Waals surface area (Å²) in [6.07, 6.45) is 3.82. The number of hydrogen-bond acceptors (Lipinski definition) is 2. The summed E-state index contributed by atoms with van der Waals surface area (Å²) in [5, 5.41) is 1.17. The molecule has 1 aromatic carbocycles. The summed E-state index contributed by atoms with van der Waals surface area (Å²) in [7, 11) is 0. The predicted molar refractivity (Wildman–Crippen MR) is 59.0 cm³/mol. The molecule has 14 heavy (non-hydrogen) atoms. The van der Waals surface area contributed by atoms with Crippen molar-refractivity contribution < 1.29 is 4.42 Å². The molecule has 0 atom stereocenters. The molecule has 0 fully saturated rings. The highest BCUT2D eigenvalue weighted by atomic mass is 16.3. The van der Waals surface area contributed by atoms with Crippen molar-refractivity contribution in [3.05, 3.63) is 41.7 Å². The third-order valence-electron chi connectivity index (χ3n) is 2.29. The predicted octanol–water partition coefficient (Wildman–Crippen LogP) is 2.71. The van der Waals surface area contributed by atoms with Crippen LogP contribution in [0.1, 0.15) is 11.3 Å². The van der Waals surface area contributed by atoms with E-state index >= 15 is 0 Å². The van der Waals surface area contributed by atoms with Gasteiger partial charge in [-0.05, 0) is 19.1 Å². The first-order valence-corrected chi connectivity index (χ1v) is 4.67. The van der Waals surface area contributed by atoms with Crippen molar-refractivity contribution >= 4 is 17.0 Å². The standard InChI is InChI=1S/C12H13NO/c1-9-10-5-2-3-6-12(10)14-11(9)7-4-8-13/h2-7H,8,13H2,1H3/b7-4+. The Morgan fingerprint density at radius 1 is 1.36 bits per heavy atom. The summed E-state index contributed by atoms with van der Waals surface area (Å²) in [6, 6.07) is 8.03. The Morgan fingerprint density at radius 3 is 2.86 bits per heavy atom. The summed E-state index contributed by atoms with van der Waals surface area (Å²) in [4.78, 5) is 0. The summed E-state index contributed by atoms with van der Waals surface area (Å²) in [6.45, 7) is 2.60. The minimum absolute atomic E-state index is 0.538. The normalized spacial score (nSPS) is 11.6. The van der Waals surface area contributed by atoms with Gasteiger partial charge in [-0.2, -0.15) is 0 Å². The molecule has 2 N–H and O–H groups in total. The lowest BCUT2D eigenvalue weighted by Gasteiger charge is -1.87. The van der Waals surface area contributed by atoms with E-state index in [0.717, 1.165) is 11.3 Å². The van der Waals surface area contributed by atoms with Crippen molar-refractivity contribution in [2.75, 3.05) is 6.54 Å². The van der Waals surface area contributed by atoms with E-state index in [2.05, 4.69) is 13.0 Å². The third-order valence-corrected chi connectivity index (χ3v) is 2.29. The van der Waals surface area contributed by atoms with Crippen molar-refractivity contribution in [1.29, 1.82) is 0 Å². The lowest BCUT2D eigenvalue weighted by molar-refractivity contribution is 0.601. The monoisotopic (exact) mass is 187 g/mol. The summed E-state index contributed by atoms with van der Waals surface area (Å²) in [5.74, 6) is 0.900. The molecule has 0 amide bonds. The number of aryl methyl sites for hydroxylation is 1. The molecule has 0 radical (unpaired) electrons. The maximum absolute atomic E-state index is 5.66. The van der Waals surface area contributed by atoms with Crippen molar-refractivity contribution in [1.82, 2.24) is 0 Å². The van der Waals surface area contributed by atoms with Crippen LogP contribution in [0.25, 0.3) is 17.0 Å². The van der Waals surface area contributed by atoms with Crippen LogP contribution in [-0.4, -0.2) is 6.54 Å². The van der Waals surface area contributed by atoms with Gasteiger partial charge in [0.15, 0.2) is 0 Å². The van der Waals surface area contributed by atoms with Gasteiger partial charge in [-0.3, -0.25) is 0 Å². The van der Waals surface area contributed by atoms with Crippen LogP contribution in [-0.2, 0) is 0 Å². The van der Waals surface area contributed by atoms with Gasteiger partial charge < -0.3 is 10.2 Å². The Labute approximate surface area is 83.0 Å². The fourth-order valence-corrected chi connectivity index (χ4v) is 1.53. The molecule has 0 unspecified atom stereocenters. The summed E-state index contributed by atoms with van der Waals surface area (Å²) >= 11 is 0. The highest BCUT2D eigenvalue weighted by molar-refractivity contribution is 5.84. The molecule has 0 aliphatic rings. The first-order chi connectivity index (χ1) is 6.83. The molecule has 1 heterocycles. The van der Waals surface area contributed by atoms with Crippen LogP contribution in [0, 0.1) is 6.92 Å². The van der Waals surface area contributed by atoms with Crippen LogP contribution in [0.2, 0.25) is 0 Å². The van der Waals surface area contributed by atoms with E-state index in [1.165, 1.54) is 10.9 Å². The lowest BCUT2D eigenvalue weighted by atomic mass is 10.1. The van der Waals surface area contributed by atoms with Gasteiger partial charge in [0, 0.05) is 17.5 Å². The second-order valence-corrected chi connectivity index (χ2v) is 3.23. The first-order valence-electron chi connectivity index (χ1n) is 4.67. The van der Waals surface area contributed by atoms with Gasteiger partial charge in [0.2, 0.25) is 0 Å². The molecule has 2 heteroatoms. The molecule has 0 aliphatic heterocycles. The van der Waals surface area contributed by atoms with E-state index in [0.29, 0.717) is 6.54 Å². The average Bonchev–Trinajstić information content (AvgIpc) is 2.54. The number of benzene rings is 1. The average molecular weight is 187 g/mol. The third kappa shape index (κ3) is 1.44. The SMILES string of the molecule is Cc1c(/C=C/CN)oc2ccccc12. The number of fused-ring (bicyclic) bond motifs is 1. The van der Waals surface area contributed by atoms with Crippen LogP contribution in [0.3, 0.4) is 0 Å². The van der Waals surface area contributed by atoms with Gasteiger partial charge in [-0.15, -0.1) is 0 Å². The van der Waals surface area contributed by atoms with Crippen LogP contribution >= 0.6 is 0 Å². The van der Waals surface area contributed by atoms with E-state index in [-0.39, 0.29) is 0 Å². The van der Waals surface area contributed by atoms with Crippen molar-refractivity contribution in [2.24, 2.45) is 5.73 Å². The highest BCUT2D eigenvalue weighted by Crippen LogP contribution is 2.25. The van der Waals surface area contributed by atoms with Crippen LogP contribution in [0.15, 0.2) is 34.8 Å². The Balaban J connectivity index is 2.57. The molecule has 72 valence electrons. The van der Waals surface area contributed by atoms with Gasteiger partial charge in [0.25, 0.3) is 0 Å². The molecule has 0 aliphatic carbocycles. The minimum Gasteiger partial charge on any atom is -0.456 e. The molecule has 2 aromatic rings. The van der Waals surface area contributed by atoms with E-state index < -0.39 is 0 Å². The van der Waals surface area contributed by atoms with Crippen molar-refractivity contribution in [2.45, 2.75) is 6.92 Å². The van der Waals surface area contributed by atoms with E-state index in [4.69, 9.17) is 10.2 Å². The Hall–Kier alpha value is -1.54. The van der Waals surface area contributed by atoms with Crippen LogP contribution < -0.4 is 5.73 Å². The molecule has 2 nitrogen and oxygen atoms in total. The highest BCUT2D eigenvalue weighted by Gasteiger charge is 2.05. The zero-order chi connectivity index (χ0) is 9.97. The zero-order valence-corrected chi connectivity index (χ0v) is 8.16. The molecule has 0 bridgehead atoms. The number of para-hydroxylation sites is 1. The summed E-state index contributed by atoms with van der Waals surface area (Å²) in [5.41, 5.74) is 7.50. The maximum atomic E-state index is 5.66. The van der Waals surface area contributed by atoms with E-state index in [9.17, 15) is 0 Å². The number of furan rings is 1. The van der Waals surface area contributed by atoms with E-state index in [1.807, 2.05) is 30.4 Å². The molecule has 0 saturated heterocycles. The van der Waals surface area contributed by atoms with E-state index in [1.54, 1.807) is 0 Å². The Bertz CT molecular complexity index is 468. The molecular weight excluding hydrogens is 174 g/mol. The lowest BCUT2D eigenvalue weighted by Crippen LogP contribution is -1.91.